The molecule has 0 heterocycles. The summed E-state index contributed by atoms with van der Waals surface area (Å²) in [5, 5.41) is 2.46. The normalized spacial score (nSPS) is 12.6. The molecule has 0 aliphatic rings. The van der Waals surface area contributed by atoms with Crippen molar-refractivity contribution in [2.24, 2.45) is 5.73 Å². The van der Waals surface area contributed by atoms with Gasteiger partial charge in [0, 0.05) is 4.47 Å². The maximum atomic E-state index is 6.55. The van der Waals surface area contributed by atoms with Crippen LogP contribution in [0.2, 0.25) is 0 Å². The van der Waals surface area contributed by atoms with Crippen LogP contribution in [0.25, 0.3) is 10.8 Å². The van der Waals surface area contributed by atoms with Gasteiger partial charge in [0.2, 0.25) is 0 Å². The van der Waals surface area contributed by atoms with Crippen molar-refractivity contribution in [3.05, 3.63) is 81.8 Å². The number of nitrogens with two attached hydrogens (primary N) is 1. The molecule has 0 aromatic heterocycles. The minimum Gasteiger partial charge on any atom is -0.320 e. The summed E-state index contributed by atoms with van der Waals surface area (Å²) < 4.78 is 1.06. The second-order valence-electron chi connectivity index (χ2n) is 5.02. The van der Waals surface area contributed by atoms with Gasteiger partial charge in [0.1, 0.15) is 0 Å². The lowest BCUT2D eigenvalue weighted by Crippen LogP contribution is -2.14. The quantitative estimate of drug-likeness (QED) is 0.708. The van der Waals surface area contributed by atoms with Crippen LogP contribution in [0.15, 0.2) is 65.1 Å². The van der Waals surface area contributed by atoms with Crippen molar-refractivity contribution in [1.29, 1.82) is 0 Å². The maximum absolute atomic E-state index is 6.55. The Hall–Kier alpha value is -1.64. The minimum absolute atomic E-state index is 0.128. The van der Waals surface area contributed by atoms with E-state index in [9.17, 15) is 0 Å². The van der Waals surface area contributed by atoms with Crippen molar-refractivity contribution in [3.63, 3.8) is 0 Å². The van der Waals surface area contributed by atoms with Crippen molar-refractivity contribution >= 4 is 26.7 Å². The van der Waals surface area contributed by atoms with E-state index in [2.05, 4.69) is 65.3 Å². The van der Waals surface area contributed by atoms with E-state index in [1.807, 2.05) is 18.2 Å². The van der Waals surface area contributed by atoms with E-state index in [1.54, 1.807) is 0 Å². The summed E-state index contributed by atoms with van der Waals surface area (Å²) in [7, 11) is 0. The number of halogens is 1. The summed E-state index contributed by atoms with van der Waals surface area (Å²) in [6.45, 7) is 2.12. The topological polar surface area (TPSA) is 26.0 Å². The average molecular weight is 326 g/mol. The maximum Gasteiger partial charge on any atom is 0.0571 e. The first kappa shape index (κ1) is 13.3. The second kappa shape index (κ2) is 5.39. The van der Waals surface area contributed by atoms with E-state index in [1.165, 1.54) is 21.9 Å². The van der Waals surface area contributed by atoms with Gasteiger partial charge in [0.05, 0.1) is 6.04 Å². The van der Waals surface area contributed by atoms with Crippen molar-refractivity contribution in [1.82, 2.24) is 0 Å². The Labute approximate surface area is 127 Å². The number of rotatable bonds is 2. The molecule has 0 saturated heterocycles. The summed E-state index contributed by atoms with van der Waals surface area (Å²) in [6.07, 6.45) is 0. The van der Waals surface area contributed by atoms with E-state index in [0.29, 0.717) is 0 Å². The SMILES string of the molecule is Cc1ccc2ccccc2c1C(N)c1ccccc1Br. The Morgan fingerprint density at radius 3 is 2.40 bits per heavy atom. The largest absolute Gasteiger partial charge is 0.320 e. The molecule has 3 aromatic carbocycles. The molecular weight excluding hydrogens is 310 g/mol. The molecule has 3 rings (SSSR count). The standard InChI is InChI=1S/C18H16BrN/c1-12-10-11-13-6-2-3-7-14(13)17(12)18(20)15-8-4-5-9-16(15)19/h2-11,18H,20H2,1H3. The summed E-state index contributed by atoms with van der Waals surface area (Å²) in [6, 6.07) is 20.7. The highest BCUT2D eigenvalue weighted by Crippen LogP contribution is 2.33. The molecule has 2 N–H and O–H groups in total. The van der Waals surface area contributed by atoms with Crippen LogP contribution in [0.1, 0.15) is 22.7 Å². The molecule has 20 heavy (non-hydrogen) atoms. The predicted octanol–water partition coefficient (Wildman–Crippen LogP) is 4.96. The molecule has 0 saturated carbocycles. The van der Waals surface area contributed by atoms with E-state index in [-0.39, 0.29) is 6.04 Å². The fourth-order valence-electron chi connectivity index (χ4n) is 2.70. The second-order valence-corrected chi connectivity index (χ2v) is 5.87. The van der Waals surface area contributed by atoms with Crippen molar-refractivity contribution in [2.75, 3.05) is 0 Å². The van der Waals surface area contributed by atoms with Gasteiger partial charge < -0.3 is 5.73 Å². The molecule has 0 spiro atoms. The van der Waals surface area contributed by atoms with Gasteiger partial charge in [0.15, 0.2) is 0 Å². The molecule has 2 heteroatoms. The number of benzene rings is 3. The third kappa shape index (κ3) is 2.26. The van der Waals surface area contributed by atoms with Gasteiger partial charge in [-0.25, -0.2) is 0 Å². The van der Waals surface area contributed by atoms with Gasteiger partial charge in [0.25, 0.3) is 0 Å². The van der Waals surface area contributed by atoms with Crippen LogP contribution in [0.3, 0.4) is 0 Å². The fraction of sp³-hybridized carbons (Fsp3) is 0.111. The van der Waals surface area contributed by atoms with Gasteiger partial charge in [-0.2, -0.15) is 0 Å². The smallest absolute Gasteiger partial charge is 0.0571 e. The zero-order valence-electron chi connectivity index (χ0n) is 11.3. The third-order valence-electron chi connectivity index (χ3n) is 3.74. The van der Waals surface area contributed by atoms with Crippen LogP contribution in [0, 0.1) is 6.92 Å². The Kier molecular flexibility index (Phi) is 3.60. The van der Waals surface area contributed by atoms with Crippen LogP contribution in [-0.2, 0) is 0 Å². The van der Waals surface area contributed by atoms with Gasteiger partial charge in [-0.3, -0.25) is 0 Å². The third-order valence-corrected chi connectivity index (χ3v) is 4.46. The Morgan fingerprint density at radius 2 is 1.60 bits per heavy atom. The van der Waals surface area contributed by atoms with Crippen LogP contribution in [0.4, 0.5) is 0 Å². The summed E-state index contributed by atoms with van der Waals surface area (Å²) in [5.41, 5.74) is 10.1. The van der Waals surface area contributed by atoms with Crippen molar-refractivity contribution < 1.29 is 0 Å². The summed E-state index contributed by atoms with van der Waals surface area (Å²) in [5.74, 6) is 0. The first-order valence-corrected chi connectivity index (χ1v) is 7.46. The zero-order valence-corrected chi connectivity index (χ0v) is 12.9. The highest BCUT2D eigenvalue weighted by atomic mass is 79.9. The van der Waals surface area contributed by atoms with E-state index in [0.717, 1.165) is 10.0 Å². The predicted molar refractivity (Wildman–Crippen MR) is 88.9 cm³/mol. The van der Waals surface area contributed by atoms with Gasteiger partial charge in [-0.1, -0.05) is 70.5 Å². The molecule has 1 nitrogen and oxygen atoms in total. The molecule has 0 bridgehead atoms. The zero-order chi connectivity index (χ0) is 14.1. The van der Waals surface area contributed by atoms with E-state index in [4.69, 9.17) is 5.73 Å². The lowest BCUT2D eigenvalue weighted by molar-refractivity contribution is 0.866. The minimum atomic E-state index is -0.128. The lowest BCUT2D eigenvalue weighted by Gasteiger charge is -2.19. The molecular formula is C18H16BrN. The molecule has 0 aliphatic carbocycles. The van der Waals surface area contributed by atoms with Gasteiger partial charge in [-0.15, -0.1) is 0 Å². The number of hydrogen-bond donors (Lipinski definition) is 1. The Morgan fingerprint density at radius 1 is 0.900 bits per heavy atom. The number of hydrogen-bond acceptors (Lipinski definition) is 1. The lowest BCUT2D eigenvalue weighted by atomic mass is 9.91. The first-order chi connectivity index (χ1) is 9.68. The van der Waals surface area contributed by atoms with Crippen molar-refractivity contribution in [2.45, 2.75) is 13.0 Å². The molecule has 0 aliphatic heterocycles. The monoisotopic (exact) mass is 325 g/mol. The highest BCUT2D eigenvalue weighted by molar-refractivity contribution is 9.10. The molecule has 0 radical (unpaired) electrons. The first-order valence-electron chi connectivity index (χ1n) is 6.67. The van der Waals surface area contributed by atoms with Crippen LogP contribution in [0.5, 0.6) is 0 Å². The number of aryl methyl sites for hydroxylation is 1. The molecule has 3 aromatic rings. The highest BCUT2D eigenvalue weighted by Gasteiger charge is 2.16. The van der Waals surface area contributed by atoms with E-state index < -0.39 is 0 Å². The summed E-state index contributed by atoms with van der Waals surface area (Å²) >= 11 is 3.60. The molecule has 1 unspecified atom stereocenters. The number of fused-ring (bicyclic) bond motifs is 1. The molecule has 0 amide bonds. The van der Waals surface area contributed by atoms with Crippen molar-refractivity contribution in [3.8, 4) is 0 Å². The van der Waals surface area contributed by atoms with E-state index >= 15 is 0 Å². The molecule has 0 fully saturated rings. The molecule has 1 atom stereocenters. The van der Waals surface area contributed by atoms with Crippen LogP contribution >= 0.6 is 15.9 Å². The Balaban J connectivity index is 2.24. The summed E-state index contributed by atoms with van der Waals surface area (Å²) in [4.78, 5) is 0. The van der Waals surface area contributed by atoms with Gasteiger partial charge >= 0.3 is 0 Å². The average Bonchev–Trinajstić information content (AvgIpc) is 2.47. The fourth-order valence-corrected chi connectivity index (χ4v) is 3.23. The van der Waals surface area contributed by atoms with Crippen LogP contribution < -0.4 is 5.73 Å². The molecule has 100 valence electrons. The Bertz CT molecular complexity index is 764. The van der Waals surface area contributed by atoms with Gasteiger partial charge in [-0.05, 0) is 40.5 Å². The van der Waals surface area contributed by atoms with Crippen LogP contribution in [-0.4, -0.2) is 0 Å².